The molecule has 0 aliphatic rings. The molecule has 1 aromatic carbocycles. The van der Waals surface area contributed by atoms with Crippen molar-refractivity contribution in [3.8, 4) is 0 Å². The van der Waals surface area contributed by atoms with Crippen molar-refractivity contribution in [2.75, 3.05) is 11.9 Å². The molecule has 1 aromatic rings. The number of nitrogens with two attached hydrogens (primary N) is 1. The third-order valence-corrected chi connectivity index (χ3v) is 2.39. The summed E-state index contributed by atoms with van der Waals surface area (Å²) < 4.78 is 0. The zero-order chi connectivity index (χ0) is 12.3. The maximum atomic E-state index is 11.0. The summed E-state index contributed by atoms with van der Waals surface area (Å²) in [5.74, 6) is -0.449. The van der Waals surface area contributed by atoms with E-state index in [4.69, 9.17) is 17.3 Å². The summed E-state index contributed by atoms with van der Waals surface area (Å²) in [7, 11) is 0. The SMILES string of the molecule is CC(C)(C)CNc1cc(C(N)=O)ccc1Cl. The lowest BCUT2D eigenvalue weighted by molar-refractivity contribution is 0.100. The molecule has 0 aliphatic carbocycles. The first-order chi connectivity index (χ1) is 7.29. The molecule has 0 fully saturated rings. The van der Waals surface area contributed by atoms with Crippen LogP contribution < -0.4 is 11.1 Å². The Morgan fingerprint density at radius 3 is 2.56 bits per heavy atom. The molecule has 1 amide bonds. The van der Waals surface area contributed by atoms with E-state index in [2.05, 4.69) is 26.1 Å². The summed E-state index contributed by atoms with van der Waals surface area (Å²) in [4.78, 5) is 11.0. The molecule has 0 radical (unpaired) electrons. The summed E-state index contributed by atoms with van der Waals surface area (Å²) in [5, 5.41) is 3.80. The average molecular weight is 241 g/mol. The monoisotopic (exact) mass is 240 g/mol. The average Bonchev–Trinajstić information content (AvgIpc) is 2.14. The van der Waals surface area contributed by atoms with Crippen LogP contribution in [0.3, 0.4) is 0 Å². The number of benzene rings is 1. The molecule has 1 rings (SSSR count). The molecule has 0 saturated carbocycles. The minimum Gasteiger partial charge on any atom is -0.383 e. The van der Waals surface area contributed by atoms with Gasteiger partial charge >= 0.3 is 0 Å². The zero-order valence-electron chi connectivity index (χ0n) is 9.80. The second-order valence-corrected chi connectivity index (χ2v) is 5.38. The number of rotatable bonds is 3. The number of hydrogen-bond acceptors (Lipinski definition) is 2. The number of nitrogens with one attached hydrogen (secondary N) is 1. The predicted octanol–water partition coefficient (Wildman–Crippen LogP) is 2.90. The highest BCUT2D eigenvalue weighted by molar-refractivity contribution is 6.33. The fourth-order valence-corrected chi connectivity index (χ4v) is 1.36. The lowest BCUT2D eigenvalue weighted by atomic mass is 9.97. The molecule has 0 aliphatic heterocycles. The van der Waals surface area contributed by atoms with Gasteiger partial charge in [0.25, 0.3) is 0 Å². The summed E-state index contributed by atoms with van der Waals surface area (Å²) in [6, 6.07) is 4.97. The number of halogens is 1. The van der Waals surface area contributed by atoms with Crippen LogP contribution in [0.15, 0.2) is 18.2 Å². The highest BCUT2D eigenvalue weighted by atomic mass is 35.5. The Morgan fingerprint density at radius 2 is 2.06 bits per heavy atom. The van der Waals surface area contributed by atoms with E-state index in [0.717, 1.165) is 12.2 Å². The normalized spacial score (nSPS) is 11.2. The van der Waals surface area contributed by atoms with Crippen molar-refractivity contribution in [3.05, 3.63) is 28.8 Å². The first-order valence-electron chi connectivity index (χ1n) is 5.13. The van der Waals surface area contributed by atoms with Crippen molar-refractivity contribution < 1.29 is 4.79 Å². The molecular weight excluding hydrogens is 224 g/mol. The molecule has 3 nitrogen and oxygen atoms in total. The Labute approximate surface area is 101 Å². The van der Waals surface area contributed by atoms with E-state index in [0.29, 0.717) is 10.6 Å². The Hall–Kier alpha value is -1.22. The Kier molecular flexibility index (Phi) is 3.81. The van der Waals surface area contributed by atoms with Gasteiger partial charge in [0.2, 0.25) is 5.91 Å². The van der Waals surface area contributed by atoms with Gasteiger partial charge in [-0.2, -0.15) is 0 Å². The lowest BCUT2D eigenvalue weighted by Crippen LogP contribution is -2.19. The predicted molar refractivity (Wildman–Crippen MR) is 67.9 cm³/mol. The molecule has 0 unspecified atom stereocenters. The largest absolute Gasteiger partial charge is 0.383 e. The number of carbonyl (C=O) groups excluding carboxylic acids is 1. The second kappa shape index (κ2) is 4.74. The van der Waals surface area contributed by atoms with Crippen LogP contribution in [0, 0.1) is 5.41 Å². The maximum absolute atomic E-state index is 11.0. The number of carbonyl (C=O) groups is 1. The smallest absolute Gasteiger partial charge is 0.248 e. The maximum Gasteiger partial charge on any atom is 0.248 e. The third-order valence-electron chi connectivity index (χ3n) is 2.06. The van der Waals surface area contributed by atoms with Gasteiger partial charge in [-0.1, -0.05) is 32.4 Å². The number of amides is 1. The van der Waals surface area contributed by atoms with Gasteiger partial charge in [-0.25, -0.2) is 0 Å². The van der Waals surface area contributed by atoms with Crippen LogP contribution in [0.25, 0.3) is 0 Å². The van der Waals surface area contributed by atoms with E-state index in [1.165, 1.54) is 0 Å². The quantitative estimate of drug-likeness (QED) is 0.854. The van der Waals surface area contributed by atoms with E-state index in [1.54, 1.807) is 18.2 Å². The first kappa shape index (κ1) is 12.8. The van der Waals surface area contributed by atoms with E-state index < -0.39 is 5.91 Å². The van der Waals surface area contributed by atoms with E-state index >= 15 is 0 Å². The summed E-state index contributed by atoms with van der Waals surface area (Å²) in [6.45, 7) is 7.12. The van der Waals surface area contributed by atoms with Crippen molar-refractivity contribution in [2.45, 2.75) is 20.8 Å². The van der Waals surface area contributed by atoms with Crippen molar-refractivity contribution in [3.63, 3.8) is 0 Å². The Balaban J connectivity index is 2.86. The van der Waals surface area contributed by atoms with Crippen LogP contribution in [-0.2, 0) is 0 Å². The molecule has 0 spiro atoms. The topological polar surface area (TPSA) is 55.1 Å². The highest BCUT2D eigenvalue weighted by Gasteiger charge is 2.11. The molecule has 0 heterocycles. The van der Waals surface area contributed by atoms with Gasteiger partial charge in [0.1, 0.15) is 0 Å². The molecule has 0 aromatic heterocycles. The van der Waals surface area contributed by atoms with Crippen LogP contribution in [-0.4, -0.2) is 12.5 Å². The second-order valence-electron chi connectivity index (χ2n) is 4.97. The van der Waals surface area contributed by atoms with Crippen LogP contribution >= 0.6 is 11.6 Å². The molecule has 88 valence electrons. The lowest BCUT2D eigenvalue weighted by Gasteiger charge is -2.20. The Bertz CT molecular complexity index is 396. The van der Waals surface area contributed by atoms with Crippen molar-refractivity contribution in [1.82, 2.24) is 0 Å². The van der Waals surface area contributed by atoms with Crippen LogP contribution in [0.4, 0.5) is 5.69 Å². The minimum absolute atomic E-state index is 0.145. The number of anilines is 1. The van der Waals surface area contributed by atoms with Gasteiger partial charge in [0, 0.05) is 12.1 Å². The van der Waals surface area contributed by atoms with E-state index in [-0.39, 0.29) is 5.41 Å². The Morgan fingerprint density at radius 1 is 1.44 bits per heavy atom. The minimum atomic E-state index is -0.449. The fraction of sp³-hybridized carbons (Fsp3) is 0.417. The van der Waals surface area contributed by atoms with Gasteiger partial charge in [-0.05, 0) is 23.6 Å². The molecule has 16 heavy (non-hydrogen) atoms. The van der Waals surface area contributed by atoms with Gasteiger partial charge in [-0.15, -0.1) is 0 Å². The standard InChI is InChI=1S/C12H17ClN2O/c1-12(2,3)7-15-10-6-8(11(14)16)4-5-9(10)13/h4-6,15H,7H2,1-3H3,(H2,14,16). The fourth-order valence-electron chi connectivity index (χ4n) is 1.17. The van der Waals surface area contributed by atoms with E-state index in [9.17, 15) is 4.79 Å². The first-order valence-corrected chi connectivity index (χ1v) is 5.50. The number of primary amides is 1. The molecule has 0 atom stereocenters. The number of hydrogen-bond donors (Lipinski definition) is 2. The van der Waals surface area contributed by atoms with Crippen LogP contribution in [0.2, 0.25) is 5.02 Å². The summed E-state index contributed by atoms with van der Waals surface area (Å²) >= 11 is 6.02. The molecule has 0 saturated heterocycles. The van der Waals surface area contributed by atoms with Gasteiger partial charge < -0.3 is 11.1 Å². The van der Waals surface area contributed by atoms with Crippen LogP contribution in [0.5, 0.6) is 0 Å². The third kappa shape index (κ3) is 3.74. The van der Waals surface area contributed by atoms with E-state index in [1.807, 2.05) is 0 Å². The van der Waals surface area contributed by atoms with Gasteiger partial charge in [0.15, 0.2) is 0 Å². The van der Waals surface area contributed by atoms with Crippen molar-refractivity contribution in [2.24, 2.45) is 11.1 Å². The molecule has 3 N–H and O–H groups in total. The van der Waals surface area contributed by atoms with Crippen molar-refractivity contribution in [1.29, 1.82) is 0 Å². The van der Waals surface area contributed by atoms with Gasteiger partial charge in [0.05, 0.1) is 10.7 Å². The van der Waals surface area contributed by atoms with Crippen LogP contribution in [0.1, 0.15) is 31.1 Å². The summed E-state index contributed by atoms with van der Waals surface area (Å²) in [6.07, 6.45) is 0. The van der Waals surface area contributed by atoms with Crippen molar-refractivity contribution >= 4 is 23.2 Å². The molecular formula is C12H17ClN2O. The highest BCUT2D eigenvalue weighted by Crippen LogP contribution is 2.24. The van der Waals surface area contributed by atoms with Gasteiger partial charge in [-0.3, -0.25) is 4.79 Å². The molecule has 4 heteroatoms. The summed E-state index contributed by atoms with van der Waals surface area (Å²) in [5.41, 5.74) is 6.55. The zero-order valence-corrected chi connectivity index (χ0v) is 10.6. The molecule has 0 bridgehead atoms.